The molecule has 1 heterocycles. The van der Waals surface area contributed by atoms with Gasteiger partial charge in [0.15, 0.2) is 0 Å². The van der Waals surface area contributed by atoms with Crippen LogP contribution in [0.5, 0.6) is 0 Å². The molecular weight excluding hydrogens is 308 g/mol. The van der Waals surface area contributed by atoms with Gasteiger partial charge in [-0.25, -0.2) is 17.4 Å². The van der Waals surface area contributed by atoms with Crippen molar-refractivity contribution in [2.45, 2.75) is 38.0 Å². The van der Waals surface area contributed by atoms with Crippen LogP contribution in [-0.4, -0.2) is 17.4 Å². The van der Waals surface area contributed by atoms with E-state index in [1.165, 1.54) is 3.97 Å². The Hall–Kier alpha value is -2.14. The molecule has 23 heavy (non-hydrogen) atoms. The van der Waals surface area contributed by atoms with E-state index in [4.69, 9.17) is 0 Å². The molecule has 0 saturated heterocycles. The lowest BCUT2D eigenvalue weighted by molar-refractivity contribution is 0.587. The lowest BCUT2D eigenvalue weighted by atomic mass is 9.99. The van der Waals surface area contributed by atoms with Crippen molar-refractivity contribution < 1.29 is 8.42 Å². The summed E-state index contributed by atoms with van der Waals surface area (Å²) >= 11 is 0. The van der Waals surface area contributed by atoms with E-state index in [0.29, 0.717) is 22.8 Å². The normalized spacial score (nSPS) is 13.3. The maximum Gasteiger partial charge on any atom is 0.269 e. The van der Waals surface area contributed by atoms with Crippen LogP contribution >= 0.6 is 0 Å². The van der Waals surface area contributed by atoms with E-state index in [2.05, 4.69) is 18.8 Å². The first kappa shape index (κ1) is 15.7. The quantitative estimate of drug-likeness (QED) is 0.724. The zero-order valence-corrected chi connectivity index (χ0v) is 14.3. The van der Waals surface area contributed by atoms with Gasteiger partial charge >= 0.3 is 0 Å². The summed E-state index contributed by atoms with van der Waals surface area (Å²) < 4.78 is 27.3. The molecule has 0 saturated carbocycles. The summed E-state index contributed by atoms with van der Waals surface area (Å²) in [5, 5.41) is 0. The molecule has 0 aliphatic rings. The molecule has 5 heteroatoms. The van der Waals surface area contributed by atoms with Gasteiger partial charge in [0, 0.05) is 0 Å². The van der Waals surface area contributed by atoms with Gasteiger partial charge in [0.05, 0.1) is 15.9 Å². The van der Waals surface area contributed by atoms with E-state index in [9.17, 15) is 8.42 Å². The number of fused-ring (bicyclic) bond motifs is 1. The highest BCUT2D eigenvalue weighted by Gasteiger charge is 2.22. The maximum atomic E-state index is 13.0. The fourth-order valence-electron chi connectivity index (χ4n) is 2.74. The van der Waals surface area contributed by atoms with E-state index in [0.717, 1.165) is 12.0 Å². The lowest BCUT2D eigenvalue weighted by Crippen LogP contribution is -2.14. The third-order valence-electron chi connectivity index (χ3n) is 4.28. The fourth-order valence-corrected chi connectivity index (χ4v) is 4.23. The molecule has 1 atom stereocenters. The molecule has 2 aromatic carbocycles. The van der Waals surface area contributed by atoms with Gasteiger partial charge in [-0.05, 0) is 49.1 Å². The van der Waals surface area contributed by atoms with Crippen LogP contribution in [0.2, 0.25) is 0 Å². The summed E-state index contributed by atoms with van der Waals surface area (Å²) in [7, 11) is -3.65. The third-order valence-corrected chi connectivity index (χ3v) is 6.09. The summed E-state index contributed by atoms with van der Waals surface area (Å²) in [6.45, 7) is 5.97. The second-order valence-electron chi connectivity index (χ2n) is 5.80. The van der Waals surface area contributed by atoms with Gasteiger partial charge < -0.3 is 0 Å². The zero-order chi connectivity index (χ0) is 16.6. The minimum absolute atomic E-state index is 0.288. The van der Waals surface area contributed by atoms with Crippen molar-refractivity contribution in [3.63, 3.8) is 0 Å². The van der Waals surface area contributed by atoms with E-state index >= 15 is 0 Å². The molecule has 1 unspecified atom stereocenters. The molecule has 0 aliphatic heterocycles. The Morgan fingerprint density at radius 2 is 1.74 bits per heavy atom. The van der Waals surface area contributed by atoms with Crippen molar-refractivity contribution in [1.82, 2.24) is 8.96 Å². The van der Waals surface area contributed by atoms with Crippen LogP contribution in [0.25, 0.3) is 11.0 Å². The summed E-state index contributed by atoms with van der Waals surface area (Å²) in [5.74, 6) is 0.889. The molecule has 0 spiro atoms. The Morgan fingerprint density at radius 1 is 1.09 bits per heavy atom. The molecular formula is C18H20N2O2S. The van der Waals surface area contributed by atoms with E-state index in [-0.39, 0.29) is 4.90 Å². The van der Waals surface area contributed by atoms with Crippen molar-refractivity contribution in [3.8, 4) is 0 Å². The summed E-state index contributed by atoms with van der Waals surface area (Å²) in [5.41, 5.74) is 2.44. The minimum atomic E-state index is -3.65. The summed E-state index contributed by atoms with van der Waals surface area (Å²) in [6.07, 6.45) is 1.03. The molecule has 0 bridgehead atoms. The number of benzene rings is 2. The first-order valence-electron chi connectivity index (χ1n) is 7.74. The molecule has 0 radical (unpaired) electrons. The topological polar surface area (TPSA) is 52.0 Å². The molecule has 0 N–H and O–H groups in total. The number of rotatable bonds is 4. The van der Waals surface area contributed by atoms with Gasteiger partial charge in [0.1, 0.15) is 5.82 Å². The average molecular weight is 328 g/mol. The summed E-state index contributed by atoms with van der Waals surface area (Å²) in [6, 6.07) is 14.4. The molecule has 0 amide bonds. The number of nitrogens with zero attached hydrogens (tertiary/aromatic N) is 2. The first-order valence-corrected chi connectivity index (χ1v) is 9.18. The zero-order valence-electron chi connectivity index (χ0n) is 13.5. The van der Waals surface area contributed by atoms with Crippen molar-refractivity contribution >= 4 is 21.1 Å². The molecule has 3 aromatic rings. The third kappa shape index (κ3) is 2.65. The predicted octanol–water partition coefficient (Wildman–Crippen LogP) is 4.10. The monoisotopic (exact) mass is 328 g/mol. The van der Waals surface area contributed by atoms with Gasteiger partial charge in [-0.2, -0.15) is 0 Å². The van der Waals surface area contributed by atoms with Crippen LogP contribution in [0.15, 0.2) is 53.4 Å². The Labute approximate surface area is 136 Å². The standard InChI is InChI=1S/C18H20N2O2S/c1-4-13(2)15-9-11-16(12-10-15)23(21,22)20-14(3)19-17-7-5-6-8-18(17)20/h5-13H,4H2,1-3H3. The molecule has 1 aromatic heterocycles. The van der Waals surface area contributed by atoms with Gasteiger partial charge in [-0.3, -0.25) is 0 Å². The molecule has 0 aliphatic carbocycles. The smallest absolute Gasteiger partial charge is 0.232 e. The Kier molecular flexibility index (Phi) is 3.98. The Morgan fingerprint density at radius 3 is 2.39 bits per heavy atom. The molecule has 0 fully saturated rings. The minimum Gasteiger partial charge on any atom is -0.232 e. The van der Waals surface area contributed by atoms with Gasteiger partial charge in [0.25, 0.3) is 10.0 Å². The van der Waals surface area contributed by atoms with Gasteiger partial charge in [-0.1, -0.05) is 38.1 Å². The number of para-hydroxylation sites is 2. The second kappa shape index (κ2) is 5.81. The van der Waals surface area contributed by atoms with Gasteiger partial charge in [-0.15, -0.1) is 0 Å². The number of aryl methyl sites for hydroxylation is 1. The van der Waals surface area contributed by atoms with E-state index in [1.807, 2.05) is 30.3 Å². The van der Waals surface area contributed by atoms with Crippen LogP contribution in [0.4, 0.5) is 0 Å². The van der Waals surface area contributed by atoms with Crippen LogP contribution in [0.1, 0.15) is 37.6 Å². The predicted molar refractivity (Wildman–Crippen MR) is 92.2 cm³/mol. The highest BCUT2D eigenvalue weighted by atomic mass is 32.2. The Balaban J connectivity index is 2.12. The Bertz CT molecular complexity index is 941. The van der Waals surface area contributed by atoms with Crippen LogP contribution in [0, 0.1) is 6.92 Å². The van der Waals surface area contributed by atoms with Crippen molar-refractivity contribution in [2.75, 3.05) is 0 Å². The van der Waals surface area contributed by atoms with Crippen molar-refractivity contribution in [2.24, 2.45) is 0 Å². The number of hydrogen-bond acceptors (Lipinski definition) is 3. The highest BCUT2D eigenvalue weighted by Crippen LogP contribution is 2.25. The molecule has 120 valence electrons. The van der Waals surface area contributed by atoms with Crippen LogP contribution in [-0.2, 0) is 10.0 Å². The SMILES string of the molecule is CCC(C)c1ccc(S(=O)(=O)n2c(C)nc3ccccc32)cc1. The van der Waals surface area contributed by atoms with E-state index < -0.39 is 10.0 Å². The van der Waals surface area contributed by atoms with Gasteiger partial charge in [0.2, 0.25) is 0 Å². The highest BCUT2D eigenvalue weighted by molar-refractivity contribution is 7.90. The molecule has 3 rings (SSSR count). The van der Waals surface area contributed by atoms with E-state index in [1.54, 1.807) is 25.1 Å². The average Bonchev–Trinajstić information content (AvgIpc) is 2.90. The number of aromatic nitrogens is 2. The fraction of sp³-hybridized carbons (Fsp3) is 0.278. The van der Waals surface area contributed by atoms with Crippen molar-refractivity contribution in [3.05, 3.63) is 59.9 Å². The summed E-state index contributed by atoms with van der Waals surface area (Å²) in [4.78, 5) is 4.64. The lowest BCUT2D eigenvalue weighted by Gasteiger charge is -2.12. The first-order chi connectivity index (χ1) is 10.9. The molecule has 4 nitrogen and oxygen atoms in total. The van der Waals surface area contributed by atoms with Crippen LogP contribution in [0.3, 0.4) is 0 Å². The van der Waals surface area contributed by atoms with Crippen molar-refractivity contribution in [1.29, 1.82) is 0 Å². The largest absolute Gasteiger partial charge is 0.269 e. The van der Waals surface area contributed by atoms with Crippen LogP contribution < -0.4 is 0 Å². The maximum absolute atomic E-state index is 13.0. The number of imidazole rings is 1. The number of hydrogen-bond donors (Lipinski definition) is 0. The second-order valence-corrected chi connectivity index (χ2v) is 7.58.